The molecular weight excluding hydrogens is 378 g/mol. The fourth-order valence-electron chi connectivity index (χ4n) is 4.06. The number of imidazole rings is 1. The third-order valence-electron chi connectivity index (χ3n) is 5.57. The highest BCUT2D eigenvalue weighted by molar-refractivity contribution is 5.71. The first-order valence-corrected chi connectivity index (χ1v) is 9.50. The Hall–Kier alpha value is -2.79. The van der Waals surface area contributed by atoms with Crippen LogP contribution in [-0.4, -0.2) is 53.2 Å². The molecule has 29 heavy (non-hydrogen) atoms. The number of hydrogen-bond donors (Lipinski definition) is 4. The first-order chi connectivity index (χ1) is 14.1. The summed E-state index contributed by atoms with van der Waals surface area (Å²) in [5.74, 6) is 0.245. The van der Waals surface area contributed by atoms with Gasteiger partial charge in [0.25, 0.3) is 5.56 Å². The maximum Gasteiger partial charge on any atom is 0.285 e. The summed E-state index contributed by atoms with van der Waals surface area (Å²) in [4.78, 5) is 21.7. The Balaban J connectivity index is 1.57. The summed E-state index contributed by atoms with van der Waals surface area (Å²) < 4.78 is 8.46. The van der Waals surface area contributed by atoms with Gasteiger partial charge in [-0.2, -0.15) is 4.98 Å². The van der Waals surface area contributed by atoms with E-state index in [2.05, 4.69) is 15.3 Å². The van der Waals surface area contributed by atoms with Gasteiger partial charge in [-0.3, -0.25) is 9.36 Å². The smallest absolute Gasteiger partial charge is 0.285 e. The number of anilines is 1. The van der Waals surface area contributed by atoms with E-state index >= 15 is 0 Å². The molecule has 3 aromatic rings. The molecule has 2 aliphatic rings. The standard InChI is InChI=1S/C19H21N5O5/c25-8-13-12(26)7-15(29-13)23-9-20-16-17(23)22-19-21-11(10-4-2-1-3-5-10)6-14(27)24(19)18(16)28/h1-5,9,11-15,25-27H,6-8H2,(H,21,22)/t11-,12-,13+,14+,15+/m0/s1. The van der Waals surface area contributed by atoms with E-state index in [1.54, 1.807) is 4.57 Å². The highest BCUT2D eigenvalue weighted by Crippen LogP contribution is 2.34. The first kappa shape index (κ1) is 18.3. The molecule has 4 N–H and O–H groups in total. The van der Waals surface area contributed by atoms with Crippen LogP contribution in [0.1, 0.15) is 36.9 Å². The molecule has 5 rings (SSSR count). The van der Waals surface area contributed by atoms with E-state index in [1.807, 2.05) is 30.3 Å². The van der Waals surface area contributed by atoms with Gasteiger partial charge in [0, 0.05) is 12.8 Å². The Bertz CT molecular complexity index is 1100. The summed E-state index contributed by atoms with van der Waals surface area (Å²) in [6.45, 7) is -0.303. The summed E-state index contributed by atoms with van der Waals surface area (Å²) >= 11 is 0. The monoisotopic (exact) mass is 399 g/mol. The Kier molecular flexibility index (Phi) is 4.36. The quantitative estimate of drug-likeness (QED) is 0.493. The van der Waals surface area contributed by atoms with Crippen molar-refractivity contribution >= 4 is 17.1 Å². The molecule has 0 bridgehead atoms. The number of rotatable bonds is 3. The number of nitrogens with one attached hydrogen (secondary N) is 1. The second-order valence-electron chi connectivity index (χ2n) is 7.37. The van der Waals surface area contributed by atoms with Gasteiger partial charge in [-0.1, -0.05) is 30.3 Å². The van der Waals surface area contributed by atoms with Crippen molar-refractivity contribution in [1.29, 1.82) is 0 Å². The minimum absolute atomic E-state index is 0.110. The molecule has 152 valence electrons. The van der Waals surface area contributed by atoms with Crippen molar-refractivity contribution in [3.8, 4) is 0 Å². The number of ether oxygens (including phenoxy) is 1. The zero-order valence-electron chi connectivity index (χ0n) is 15.4. The van der Waals surface area contributed by atoms with E-state index in [1.165, 1.54) is 10.9 Å². The van der Waals surface area contributed by atoms with E-state index in [0.29, 0.717) is 12.1 Å². The summed E-state index contributed by atoms with van der Waals surface area (Å²) in [7, 11) is 0. The minimum Gasteiger partial charge on any atom is -0.394 e. The van der Waals surface area contributed by atoms with Crippen LogP contribution >= 0.6 is 0 Å². The summed E-state index contributed by atoms with van der Waals surface area (Å²) in [5, 5.41) is 33.2. The van der Waals surface area contributed by atoms with Gasteiger partial charge in [-0.05, 0) is 5.56 Å². The number of nitrogens with zero attached hydrogens (tertiary/aromatic N) is 4. The van der Waals surface area contributed by atoms with Crippen LogP contribution in [-0.2, 0) is 4.74 Å². The zero-order valence-corrected chi connectivity index (χ0v) is 15.4. The second-order valence-corrected chi connectivity index (χ2v) is 7.37. The summed E-state index contributed by atoms with van der Waals surface area (Å²) in [6, 6.07) is 9.44. The lowest BCUT2D eigenvalue weighted by Crippen LogP contribution is -2.36. The maximum absolute atomic E-state index is 13.0. The predicted molar refractivity (Wildman–Crippen MR) is 102 cm³/mol. The highest BCUT2D eigenvalue weighted by atomic mass is 16.5. The fourth-order valence-corrected chi connectivity index (χ4v) is 4.06. The van der Waals surface area contributed by atoms with Crippen molar-refractivity contribution in [1.82, 2.24) is 19.1 Å². The normalized spacial score (nSPS) is 29.0. The van der Waals surface area contributed by atoms with Gasteiger partial charge in [-0.15, -0.1) is 0 Å². The van der Waals surface area contributed by atoms with Crippen LogP contribution in [0.3, 0.4) is 0 Å². The average Bonchev–Trinajstić information content (AvgIpc) is 3.31. The molecule has 1 fully saturated rings. The molecule has 5 atom stereocenters. The van der Waals surface area contributed by atoms with Gasteiger partial charge in [-0.25, -0.2) is 9.55 Å². The van der Waals surface area contributed by atoms with Gasteiger partial charge < -0.3 is 25.4 Å². The Morgan fingerprint density at radius 2 is 2.00 bits per heavy atom. The van der Waals surface area contributed by atoms with Crippen LogP contribution in [0.25, 0.3) is 11.2 Å². The van der Waals surface area contributed by atoms with Gasteiger partial charge >= 0.3 is 0 Å². The van der Waals surface area contributed by atoms with Gasteiger partial charge in [0.1, 0.15) is 18.6 Å². The van der Waals surface area contributed by atoms with Crippen LogP contribution in [0.5, 0.6) is 0 Å². The van der Waals surface area contributed by atoms with Crippen molar-refractivity contribution in [2.75, 3.05) is 11.9 Å². The first-order valence-electron chi connectivity index (χ1n) is 9.50. The molecule has 1 aromatic carbocycles. The largest absolute Gasteiger partial charge is 0.394 e. The van der Waals surface area contributed by atoms with E-state index in [9.17, 15) is 20.1 Å². The molecule has 0 unspecified atom stereocenters. The predicted octanol–water partition coefficient (Wildman–Crippen LogP) is 0.281. The Morgan fingerprint density at radius 1 is 1.21 bits per heavy atom. The van der Waals surface area contributed by atoms with E-state index in [-0.39, 0.29) is 30.5 Å². The van der Waals surface area contributed by atoms with Crippen molar-refractivity contribution in [2.24, 2.45) is 0 Å². The molecule has 0 amide bonds. The summed E-state index contributed by atoms with van der Waals surface area (Å²) in [5.41, 5.74) is 0.935. The van der Waals surface area contributed by atoms with Crippen molar-refractivity contribution in [3.05, 3.63) is 52.6 Å². The van der Waals surface area contributed by atoms with Crippen molar-refractivity contribution in [3.63, 3.8) is 0 Å². The lowest BCUT2D eigenvalue weighted by molar-refractivity contribution is -0.0432. The molecule has 10 nitrogen and oxygen atoms in total. The Labute approximate surface area is 165 Å². The fraction of sp³-hybridized carbons (Fsp3) is 0.421. The minimum atomic E-state index is -1.03. The second kappa shape index (κ2) is 6.92. The molecule has 2 aromatic heterocycles. The van der Waals surface area contributed by atoms with Gasteiger partial charge in [0.2, 0.25) is 5.95 Å². The average molecular weight is 399 g/mol. The van der Waals surface area contributed by atoms with Gasteiger partial charge in [0.15, 0.2) is 11.2 Å². The number of aliphatic hydroxyl groups excluding tert-OH is 3. The maximum atomic E-state index is 13.0. The van der Waals surface area contributed by atoms with Crippen LogP contribution in [0.2, 0.25) is 0 Å². The number of aliphatic hydroxyl groups is 3. The van der Waals surface area contributed by atoms with Crippen molar-refractivity contribution < 1.29 is 20.1 Å². The lowest BCUT2D eigenvalue weighted by Gasteiger charge is -2.31. The van der Waals surface area contributed by atoms with Crippen LogP contribution < -0.4 is 10.9 Å². The molecule has 10 heteroatoms. The van der Waals surface area contributed by atoms with E-state index in [0.717, 1.165) is 5.56 Å². The van der Waals surface area contributed by atoms with Gasteiger partial charge in [0.05, 0.1) is 25.1 Å². The topological polar surface area (TPSA) is 135 Å². The van der Waals surface area contributed by atoms with E-state index < -0.39 is 30.2 Å². The van der Waals surface area contributed by atoms with Crippen LogP contribution in [0, 0.1) is 0 Å². The highest BCUT2D eigenvalue weighted by Gasteiger charge is 2.36. The number of fused-ring (bicyclic) bond motifs is 2. The third-order valence-corrected chi connectivity index (χ3v) is 5.57. The van der Waals surface area contributed by atoms with Crippen LogP contribution in [0.15, 0.2) is 41.5 Å². The van der Waals surface area contributed by atoms with E-state index in [4.69, 9.17) is 4.74 Å². The molecule has 1 saturated heterocycles. The Morgan fingerprint density at radius 3 is 2.72 bits per heavy atom. The molecular formula is C19H21N5O5. The number of hydrogen-bond acceptors (Lipinski definition) is 8. The summed E-state index contributed by atoms with van der Waals surface area (Å²) in [6.07, 6.45) is -1.14. The lowest BCUT2D eigenvalue weighted by atomic mass is 10.0. The number of benzene rings is 1. The molecule has 4 heterocycles. The molecule has 2 aliphatic heterocycles. The molecule has 0 spiro atoms. The molecule has 0 saturated carbocycles. The van der Waals surface area contributed by atoms with Crippen LogP contribution in [0.4, 0.5) is 5.95 Å². The number of aromatic nitrogens is 4. The molecule has 0 radical (unpaired) electrons. The van der Waals surface area contributed by atoms with Crippen molar-refractivity contribution in [2.45, 2.75) is 43.5 Å². The third kappa shape index (κ3) is 2.92. The molecule has 0 aliphatic carbocycles. The zero-order chi connectivity index (χ0) is 20.1. The SMILES string of the molecule is O=c1c2ncn([C@H]3C[C@H](O)[C@@H](CO)O3)c2nc2n1[C@H](O)C[C@@H](c1ccccc1)N2.